The van der Waals surface area contributed by atoms with E-state index in [1.54, 1.807) is 6.07 Å². The number of rotatable bonds is 7. The van der Waals surface area contributed by atoms with Crippen molar-refractivity contribution in [2.75, 3.05) is 18.5 Å². The van der Waals surface area contributed by atoms with Gasteiger partial charge in [-0.25, -0.2) is 4.98 Å². The molecular formula is C13H18F3N3O. The number of alkyl halides is 3. The van der Waals surface area contributed by atoms with Crippen LogP contribution < -0.4 is 10.1 Å². The average molecular weight is 289 g/mol. The van der Waals surface area contributed by atoms with Crippen molar-refractivity contribution in [3.8, 4) is 5.88 Å². The molecule has 0 aliphatic heterocycles. The molecule has 0 unspecified atom stereocenters. The van der Waals surface area contributed by atoms with Gasteiger partial charge in [0.2, 0.25) is 5.88 Å². The molecule has 1 N–H and O–H groups in total. The molecule has 0 spiro atoms. The summed E-state index contributed by atoms with van der Waals surface area (Å²) >= 11 is 0. The maximum Gasteiger partial charge on any atom is 0.392 e. The van der Waals surface area contributed by atoms with Gasteiger partial charge >= 0.3 is 6.18 Å². The van der Waals surface area contributed by atoms with Crippen LogP contribution in [0.2, 0.25) is 0 Å². The van der Waals surface area contributed by atoms with Crippen molar-refractivity contribution in [1.82, 2.24) is 9.97 Å². The van der Waals surface area contributed by atoms with Crippen LogP contribution in [0.4, 0.5) is 19.0 Å². The molecule has 0 bridgehead atoms. The first kappa shape index (κ1) is 14.9. The molecule has 1 fully saturated rings. The first-order valence-corrected chi connectivity index (χ1v) is 6.80. The van der Waals surface area contributed by atoms with Crippen molar-refractivity contribution in [2.24, 2.45) is 0 Å². The molecule has 1 aromatic heterocycles. The molecule has 1 aromatic rings. The molecule has 7 heteroatoms. The summed E-state index contributed by atoms with van der Waals surface area (Å²) in [6, 6.07) is 1.55. The first-order chi connectivity index (χ1) is 9.48. The highest BCUT2D eigenvalue weighted by Gasteiger charge is 2.29. The van der Waals surface area contributed by atoms with E-state index in [-0.39, 0.29) is 5.88 Å². The van der Waals surface area contributed by atoms with Crippen molar-refractivity contribution >= 4 is 5.82 Å². The topological polar surface area (TPSA) is 47.0 Å². The lowest BCUT2D eigenvalue weighted by Crippen LogP contribution is -2.14. The van der Waals surface area contributed by atoms with Gasteiger partial charge in [-0.1, -0.05) is 6.92 Å². The van der Waals surface area contributed by atoms with Gasteiger partial charge in [-0.15, -0.1) is 0 Å². The molecule has 1 saturated carbocycles. The van der Waals surface area contributed by atoms with Crippen LogP contribution in [0.25, 0.3) is 0 Å². The van der Waals surface area contributed by atoms with Gasteiger partial charge < -0.3 is 10.1 Å². The minimum atomic E-state index is -4.21. The van der Waals surface area contributed by atoms with Gasteiger partial charge in [0.15, 0.2) is 0 Å². The summed E-state index contributed by atoms with van der Waals surface area (Å²) in [5.41, 5.74) is 0. The lowest BCUT2D eigenvalue weighted by Gasteiger charge is -2.11. The van der Waals surface area contributed by atoms with Gasteiger partial charge in [0.1, 0.15) is 11.6 Å². The third-order valence-corrected chi connectivity index (χ3v) is 2.85. The van der Waals surface area contributed by atoms with Crippen LogP contribution in [0.15, 0.2) is 6.07 Å². The molecule has 0 amide bonds. The van der Waals surface area contributed by atoms with E-state index in [2.05, 4.69) is 15.3 Å². The van der Waals surface area contributed by atoms with Gasteiger partial charge in [-0.2, -0.15) is 18.2 Å². The van der Waals surface area contributed by atoms with Crippen molar-refractivity contribution < 1.29 is 17.9 Å². The number of hydrogen-bond donors (Lipinski definition) is 1. The summed E-state index contributed by atoms with van der Waals surface area (Å²) in [7, 11) is 0. The molecule has 0 radical (unpaired) electrons. The molecule has 1 aliphatic rings. The summed E-state index contributed by atoms with van der Waals surface area (Å²) in [6.45, 7) is 2.36. The summed E-state index contributed by atoms with van der Waals surface area (Å²) < 4.78 is 41.4. The Morgan fingerprint density at radius 2 is 2.10 bits per heavy atom. The quantitative estimate of drug-likeness (QED) is 0.834. The van der Waals surface area contributed by atoms with Crippen LogP contribution in [0.1, 0.15) is 44.3 Å². The molecule has 2 rings (SSSR count). The number of nitrogens with one attached hydrogen (secondary N) is 1. The fourth-order valence-corrected chi connectivity index (χ4v) is 1.66. The molecule has 1 aliphatic carbocycles. The van der Waals surface area contributed by atoms with Crippen LogP contribution in [0, 0.1) is 0 Å². The molecule has 112 valence electrons. The Hall–Kier alpha value is -1.53. The van der Waals surface area contributed by atoms with Crippen molar-refractivity contribution in [3.63, 3.8) is 0 Å². The number of halogens is 3. The fraction of sp³-hybridized carbons (Fsp3) is 0.692. The minimum Gasteiger partial charge on any atom is -0.477 e. The van der Waals surface area contributed by atoms with E-state index in [9.17, 15) is 13.2 Å². The number of ether oxygens (including phenoxy) is 1. The first-order valence-electron chi connectivity index (χ1n) is 6.80. The Morgan fingerprint density at radius 3 is 2.70 bits per heavy atom. The van der Waals surface area contributed by atoms with Crippen LogP contribution in [0.3, 0.4) is 0 Å². The van der Waals surface area contributed by atoms with Crippen molar-refractivity contribution in [2.45, 2.75) is 44.7 Å². The van der Waals surface area contributed by atoms with Gasteiger partial charge in [0.05, 0.1) is 13.0 Å². The number of aromatic nitrogens is 2. The van der Waals surface area contributed by atoms with Gasteiger partial charge in [0.25, 0.3) is 0 Å². The van der Waals surface area contributed by atoms with Crippen LogP contribution in [0.5, 0.6) is 5.88 Å². The third-order valence-electron chi connectivity index (χ3n) is 2.85. The number of hydrogen-bond acceptors (Lipinski definition) is 4. The van der Waals surface area contributed by atoms with E-state index in [1.807, 2.05) is 6.92 Å². The second kappa shape index (κ2) is 6.28. The second-order valence-corrected chi connectivity index (χ2v) is 4.86. The lowest BCUT2D eigenvalue weighted by atomic mass is 10.3. The average Bonchev–Trinajstić information content (AvgIpc) is 3.19. The van der Waals surface area contributed by atoms with Gasteiger partial charge in [-0.3, -0.25) is 0 Å². The van der Waals surface area contributed by atoms with E-state index >= 15 is 0 Å². The van der Waals surface area contributed by atoms with E-state index in [0.29, 0.717) is 17.6 Å². The largest absolute Gasteiger partial charge is 0.477 e. The fourth-order valence-electron chi connectivity index (χ4n) is 1.66. The maximum absolute atomic E-state index is 12.1. The van der Waals surface area contributed by atoms with Gasteiger partial charge in [0, 0.05) is 18.5 Å². The number of anilines is 1. The maximum atomic E-state index is 12.1. The summed E-state index contributed by atoms with van der Waals surface area (Å²) in [5.74, 6) is 1.81. The predicted octanol–water partition coefficient (Wildman–Crippen LogP) is 3.51. The molecule has 20 heavy (non-hydrogen) atoms. The van der Waals surface area contributed by atoms with E-state index < -0.39 is 19.2 Å². The molecule has 4 nitrogen and oxygen atoms in total. The summed E-state index contributed by atoms with van der Waals surface area (Å²) in [6.07, 6.45) is -2.20. The Morgan fingerprint density at radius 1 is 1.35 bits per heavy atom. The summed E-state index contributed by atoms with van der Waals surface area (Å²) in [4.78, 5) is 8.55. The van der Waals surface area contributed by atoms with Crippen molar-refractivity contribution in [3.05, 3.63) is 11.9 Å². The van der Waals surface area contributed by atoms with Crippen LogP contribution >= 0.6 is 0 Å². The minimum absolute atomic E-state index is 0.213. The zero-order valence-corrected chi connectivity index (χ0v) is 11.3. The molecule has 1 heterocycles. The molecule has 0 atom stereocenters. The zero-order chi connectivity index (χ0) is 14.6. The highest BCUT2D eigenvalue weighted by Crippen LogP contribution is 2.39. The SMILES string of the molecule is CCCNc1cc(OCCC(F)(F)F)nc(C2CC2)n1. The predicted molar refractivity (Wildman–Crippen MR) is 69.0 cm³/mol. The molecule has 0 saturated heterocycles. The van der Waals surface area contributed by atoms with E-state index in [4.69, 9.17) is 4.74 Å². The van der Waals surface area contributed by atoms with Gasteiger partial charge in [-0.05, 0) is 19.3 Å². The van der Waals surface area contributed by atoms with Crippen molar-refractivity contribution in [1.29, 1.82) is 0 Å². The van der Waals surface area contributed by atoms with Crippen LogP contribution in [-0.4, -0.2) is 29.3 Å². The highest BCUT2D eigenvalue weighted by molar-refractivity contribution is 5.39. The van der Waals surface area contributed by atoms with Crippen LogP contribution in [-0.2, 0) is 0 Å². The Bertz CT molecular complexity index is 447. The normalized spacial score (nSPS) is 15.2. The Kier molecular flexibility index (Phi) is 4.67. The Labute approximate surface area is 115 Å². The lowest BCUT2D eigenvalue weighted by molar-refractivity contribution is -0.139. The summed E-state index contributed by atoms with van der Waals surface area (Å²) in [5, 5.41) is 3.11. The molecular weight excluding hydrogens is 271 g/mol. The third kappa shape index (κ3) is 4.86. The highest BCUT2D eigenvalue weighted by atomic mass is 19.4. The zero-order valence-electron chi connectivity index (χ0n) is 11.3. The molecule has 0 aromatic carbocycles. The Balaban J connectivity index is 2.00. The smallest absolute Gasteiger partial charge is 0.392 e. The van der Waals surface area contributed by atoms with E-state index in [0.717, 1.165) is 25.8 Å². The monoisotopic (exact) mass is 289 g/mol. The second-order valence-electron chi connectivity index (χ2n) is 4.86. The standard InChI is InChI=1S/C13H18F3N3O/c1-2-6-17-10-8-11(20-7-5-13(14,15)16)19-12(18-10)9-3-4-9/h8-9H,2-7H2,1H3,(H,17,18,19). The van der Waals surface area contributed by atoms with E-state index in [1.165, 1.54) is 0 Å². The number of nitrogens with zero attached hydrogens (tertiary/aromatic N) is 2.